The number of nitrogens with one attached hydrogen (secondary N) is 2. The quantitative estimate of drug-likeness (QED) is 0.288. The molecule has 2 aliphatic rings. The van der Waals surface area contributed by atoms with Crippen LogP contribution in [0.5, 0.6) is 5.75 Å². The molecule has 1 saturated carbocycles. The van der Waals surface area contributed by atoms with E-state index in [9.17, 15) is 14.7 Å². The van der Waals surface area contributed by atoms with Crippen molar-refractivity contribution in [2.75, 3.05) is 58.0 Å². The van der Waals surface area contributed by atoms with Crippen LogP contribution >= 0.6 is 0 Å². The van der Waals surface area contributed by atoms with Gasteiger partial charge in [0.05, 0.1) is 18.8 Å². The fourth-order valence-corrected chi connectivity index (χ4v) is 5.12. The molecule has 2 amide bonds. The summed E-state index contributed by atoms with van der Waals surface area (Å²) in [6, 6.07) is 8.84. The topological polar surface area (TPSA) is 135 Å². The summed E-state index contributed by atoms with van der Waals surface area (Å²) in [7, 11) is 5.09. The fourth-order valence-electron chi connectivity index (χ4n) is 5.12. The largest absolute Gasteiger partial charge is 0.468 e. The van der Waals surface area contributed by atoms with Gasteiger partial charge in [-0.1, -0.05) is 6.07 Å². The third-order valence-corrected chi connectivity index (χ3v) is 7.79. The number of fused-ring (bicyclic) bond motifs is 1. The number of likely N-dealkylation sites (N-methyl/N-ethyl adjacent to an activating group) is 1. The minimum atomic E-state index is -1.05. The minimum Gasteiger partial charge on any atom is -0.468 e. The Hall–Kier alpha value is -3.61. The Kier molecular flexibility index (Phi) is 11.3. The van der Waals surface area contributed by atoms with E-state index < -0.39 is 23.8 Å². The number of carbonyl (C=O) groups is 2. The Labute approximate surface area is 260 Å². The highest BCUT2D eigenvalue weighted by Crippen LogP contribution is 2.30. The van der Waals surface area contributed by atoms with Gasteiger partial charge in [0.1, 0.15) is 23.0 Å². The van der Waals surface area contributed by atoms with Gasteiger partial charge in [0.15, 0.2) is 6.79 Å². The van der Waals surface area contributed by atoms with Gasteiger partial charge in [-0.25, -0.2) is 9.78 Å². The average molecular weight is 614 g/mol. The summed E-state index contributed by atoms with van der Waals surface area (Å²) >= 11 is 0. The predicted molar refractivity (Wildman–Crippen MR) is 167 cm³/mol. The summed E-state index contributed by atoms with van der Waals surface area (Å²) in [5, 5.41) is 17.7. The number of benzene rings is 1. The zero-order valence-corrected chi connectivity index (χ0v) is 26.7. The van der Waals surface area contributed by atoms with E-state index in [2.05, 4.69) is 10.6 Å². The van der Waals surface area contributed by atoms with E-state index >= 15 is 0 Å². The smallest absolute Gasteiger partial charge is 0.410 e. The molecule has 2 aromatic rings. The van der Waals surface area contributed by atoms with Crippen LogP contribution < -0.4 is 20.3 Å². The number of aliphatic hydroxyl groups is 1. The van der Waals surface area contributed by atoms with E-state index in [1.165, 1.54) is 11.3 Å². The third kappa shape index (κ3) is 8.96. The molecule has 12 nitrogen and oxygen atoms in total. The van der Waals surface area contributed by atoms with Crippen LogP contribution in [0.3, 0.4) is 0 Å². The SMILES string of the molecule is COCCN(C)c1cc(C(=O)NC[C@@H](O)[C@@H]2Cc3ccc(OCOC)cc3CN2C(=O)OC(C)(C)C)cc(NC2CCC2)n1. The number of anilines is 2. The molecule has 2 heterocycles. The van der Waals surface area contributed by atoms with Crippen molar-refractivity contribution in [3.05, 3.63) is 47.0 Å². The van der Waals surface area contributed by atoms with Crippen molar-refractivity contribution in [1.82, 2.24) is 15.2 Å². The molecule has 1 aliphatic heterocycles. The molecule has 2 atom stereocenters. The van der Waals surface area contributed by atoms with Crippen LogP contribution in [0.4, 0.5) is 16.4 Å². The first-order chi connectivity index (χ1) is 21.0. The van der Waals surface area contributed by atoms with Crippen LogP contribution in [0.15, 0.2) is 30.3 Å². The lowest BCUT2D eigenvalue weighted by atomic mass is 9.91. The van der Waals surface area contributed by atoms with Crippen LogP contribution in [-0.2, 0) is 27.2 Å². The number of methoxy groups -OCH3 is 2. The van der Waals surface area contributed by atoms with Gasteiger partial charge < -0.3 is 39.6 Å². The lowest BCUT2D eigenvalue weighted by molar-refractivity contribution is -0.0114. The van der Waals surface area contributed by atoms with Gasteiger partial charge in [0, 0.05) is 52.5 Å². The van der Waals surface area contributed by atoms with Gasteiger partial charge in [-0.05, 0) is 81.8 Å². The number of pyridine rings is 1. The van der Waals surface area contributed by atoms with Crippen molar-refractivity contribution in [1.29, 1.82) is 0 Å². The van der Waals surface area contributed by atoms with E-state index in [0.717, 1.165) is 24.0 Å². The molecule has 0 spiro atoms. The highest BCUT2D eigenvalue weighted by Gasteiger charge is 2.37. The number of nitrogens with zero attached hydrogens (tertiary/aromatic N) is 3. The summed E-state index contributed by atoms with van der Waals surface area (Å²) in [6.45, 7) is 6.80. The van der Waals surface area contributed by atoms with E-state index in [1.54, 1.807) is 47.1 Å². The molecule has 0 radical (unpaired) electrons. The second-order valence-electron chi connectivity index (χ2n) is 12.4. The van der Waals surface area contributed by atoms with Crippen molar-refractivity contribution >= 4 is 23.6 Å². The molecule has 242 valence electrons. The number of carbonyl (C=O) groups excluding carboxylic acids is 2. The molecule has 1 aromatic carbocycles. The van der Waals surface area contributed by atoms with Gasteiger partial charge >= 0.3 is 6.09 Å². The first kappa shape index (κ1) is 33.3. The summed E-state index contributed by atoms with van der Waals surface area (Å²) in [5.41, 5.74) is 1.58. The molecule has 0 bridgehead atoms. The maximum absolute atomic E-state index is 13.4. The number of aromatic nitrogens is 1. The molecule has 12 heteroatoms. The molecular weight excluding hydrogens is 566 g/mol. The van der Waals surface area contributed by atoms with Gasteiger partial charge in [0.2, 0.25) is 0 Å². The molecule has 3 N–H and O–H groups in total. The number of aliphatic hydroxyl groups excluding tert-OH is 1. The Morgan fingerprint density at radius 3 is 2.57 bits per heavy atom. The number of rotatable bonds is 13. The van der Waals surface area contributed by atoms with Gasteiger partial charge in [0.25, 0.3) is 5.91 Å². The van der Waals surface area contributed by atoms with Crippen LogP contribution in [-0.4, -0.2) is 98.5 Å². The maximum Gasteiger partial charge on any atom is 0.410 e. The minimum absolute atomic E-state index is 0.0598. The molecule has 1 aliphatic carbocycles. The normalized spacial score (nSPS) is 17.2. The Bertz CT molecular complexity index is 1280. The van der Waals surface area contributed by atoms with Crippen molar-refractivity contribution < 1.29 is 33.6 Å². The monoisotopic (exact) mass is 613 g/mol. The molecule has 44 heavy (non-hydrogen) atoms. The van der Waals surface area contributed by atoms with E-state index in [4.69, 9.17) is 23.9 Å². The molecule has 1 fully saturated rings. The summed E-state index contributed by atoms with van der Waals surface area (Å²) in [6.07, 6.45) is 2.10. The third-order valence-electron chi connectivity index (χ3n) is 7.79. The Balaban J connectivity index is 1.50. The maximum atomic E-state index is 13.4. The first-order valence-corrected chi connectivity index (χ1v) is 15.2. The Morgan fingerprint density at radius 1 is 1.14 bits per heavy atom. The van der Waals surface area contributed by atoms with Gasteiger partial charge in [-0.2, -0.15) is 0 Å². The van der Waals surface area contributed by atoms with Crippen LogP contribution in [0.25, 0.3) is 0 Å². The fraction of sp³-hybridized carbons (Fsp3) is 0.594. The molecule has 1 aromatic heterocycles. The van der Waals surface area contributed by atoms with Gasteiger partial charge in [-0.3, -0.25) is 9.69 Å². The van der Waals surface area contributed by atoms with E-state index in [1.807, 2.05) is 30.1 Å². The zero-order valence-electron chi connectivity index (χ0n) is 26.7. The Morgan fingerprint density at radius 2 is 1.91 bits per heavy atom. The highest BCUT2D eigenvalue weighted by atomic mass is 16.7. The summed E-state index contributed by atoms with van der Waals surface area (Å²) in [5.74, 6) is 1.56. The van der Waals surface area contributed by atoms with E-state index in [-0.39, 0.29) is 25.8 Å². The standard InChI is InChI=1S/C32H47N5O7/c1-32(2,3)44-31(40)37-19-23-14-25(43-20-42-6)11-10-21(23)15-26(37)27(38)18-33-30(39)22-16-28(34-24-8-7-9-24)35-29(17-22)36(4)12-13-41-5/h10-11,14,16-17,24,26-27,38H,7-9,12-13,15,18-20H2,1-6H3,(H,33,39)(H,34,35)/t26-,27+/m0/s1. The number of ether oxygens (including phenoxy) is 4. The van der Waals surface area contributed by atoms with Crippen molar-refractivity contribution in [2.24, 2.45) is 0 Å². The van der Waals surface area contributed by atoms with Crippen LogP contribution in [0, 0.1) is 0 Å². The molecule has 4 rings (SSSR count). The number of hydrogen-bond donors (Lipinski definition) is 3. The average Bonchev–Trinajstić information content (AvgIpc) is 2.97. The van der Waals surface area contributed by atoms with Crippen LogP contribution in [0.1, 0.15) is 61.5 Å². The molecule has 0 saturated heterocycles. The highest BCUT2D eigenvalue weighted by molar-refractivity contribution is 5.95. The van der Waals surface area contributed by atoms with Crippen LogP contribution in [0.2, 0.25) is 0 Å². The summed E-state index contributed by atoms with van der Waals surface area (Å²) < 4.78 is 21.5. The predicted octanol–water partition coefficient (Wildman–Crippen LogP) is 3.56. The van der Waals surface area contributed by atoms with E-state index in [0.29, 0.717) is 48.6 Å². The molecule has 0 unspecified atom stereocenters. The zero-order chi connectivity index (χ0) is 31.9. The number of hydrogen-bond acceptors (Lipinski definition) is 10. The lowest BCUT2D eigenvalue weighted by Gasteiger charge is -2.40. The second kappa shape index (κ2) is 14.9. The number of amides is 2. The second-order valence-corrected chi connectivity index (χ2v) is 12.4. The van der Waals surface area contributed by atoms with Crippen molar-refractivity contribution in [3.63, 3.8) is 0 Å². The molecular formula is C32H47N5O7. The van der Waals surface area contributed by atoms with Crippen molar-refractivity contribution in [2.45, 2.75) is 76.8 Å². The van der Waals surface area contributed by atoms with Crippen molar-refractivity contribution in [3.8, 4) is 5.75 Å². The lowest BCUT2D eigenvalue weighted by Crippen LogP contribution is -2.54. The first-order valence-electron chi connectivity index (χ1n) is 15.2. The summed E-state index contributed by atoms with van der Waals surface area (Å²) in [4.78, 5) is 34.9. The van der Waals surface area contributed by atoms with Gasteiger partial charge in [-0.15, -0.1) is 0 Å².